The first-order valence-electron chi connectivity index (χ1n) is 7.74. The quantitative estimate of drug-likeness (QED) is 0.617. The number of nitrogens with zero attached hydrogens (tertiary/aromatic N) is 4. The first-order valence-corrected chi connectivity index (χ1v) is 7.74. The fraction of sp³-hybridized carbons (Fsp3) is 0.786. The molecule has 118 valence electrons. The number of anilines is 1. The molecule has 0 amide bonds. The zero-order valence-corrected chi connectivity index (χ0v) is 13.1. The Kier molecular flexibility index (Phi) is 5.17. The lowest BCUT2D eigenvalue weighted by Gasteiger charge is -2.24. The molecule has 1 N–H and O–H groups in total. The van der Waals surface area contributed by atoms with Gasteiger partial charge in [0.05, 0.1) is 4.92 Å². The van der Waals surface area contributed by atoms with Crippen molar-refractivity contribution in [2.24, 2.45) is 0 Å². The van der Waals surface area contributed by atoms with Gasteiger partial charge in [-0.3, -0.25) is 15.0 Å². The third-order valence-corrected chi connectivity index (χ3v) is 4.04. The Morgan fingerprint density at radius 3 is 2.67 bits per heavy atom. The summed E-state index contributed by atoms with van der Waals surface area (Å²) in [7, 11) is 0. The van der Waals surface area contributed by atoms with E-state index < -0.39 is 0 Å². The molecule has 1 aliphatic rings. The SMILES string of the molecule is CCCn1nc(C)c([N+](=O)[O-])c1NCC(C)N1CCCC1. The number of likely N-dealkylation sites (tertiary alicyclic amines) is 1. The maximum Gasteiger partial charge on any atom is 0.333 e. The van der Waals surface area contributed by atoms with Crippen molar-refractivity contribution in [3.8, 4) is 0 Å². The lowest BCUT2D eigenvalue weighted by Crippen LogP contribution is -2.36. The number of nitrogens with one attached hydrogen (secondary N) is 1. The van der Waals surface area contributed by atoms with Crippen molar-refractivity contribution in [2.75, 3.05) is 25.0 Å². The van der Waals surface area contributed by atoms with Crippen molar-refractivity contribution in [3.05, 3.63) is 15.8 Å². The summed E-state index contributed by atoms with van der Waals surface area (Å²) < 4.78 is 1.73. The van der Waals surface area contributed by atoms with Crippen molar-refractivity contribution in [1.82, 2.24) is 14.7 Å². The first kappa shape index (κ1) is 15.8. The Morgan fingerprint density at radius 2 is 2.10 bits per heavy atom. The van der Waals surface area contributed by atoms with Gasteiger partial charge in [-0.2, -0.15) is 5.10 Å². The van der Waals surface area contributed by atoms with Gasteiger partial charge in [0.25, 0.3) is 0 Å². The van der Waals surface area contributed by atoms with E-state index in [4.69, 9.17) is 0 Å². The summed E-state index contributed by atoms with van der Waals surface area (Å²) in [6.45, 7) is 9.54. The predicted octanol–water partition coefficient (Wildman–Crippen LogP) is 2.41. The molecule has 1 atom stereocenters. The second kappa shape index (κ2) is 6.89. The van der Waals surface area contributed by atoms with E-state index in [1.54, 1.807) is 11.6 Å². The molecular formula is C14H25N5O2. The summed E-state index contributed by atoms with van der Waals surface area (Å²) in [6, 6.07) is 0.373. The number of aryl methyl sites for hydroxylation is 2. The highest BCUT2D eigenvalue weighted by atomic mass is 16.6. The molecule has 2 rings (SSSR count). The number of hydrogen-bond acceptors (Lipinski definition) is 5. The van der Waals surface area contributed by atoms with Crippen LogP contribution in [0.25, 0.3) is 0 Å². The molecule has 7 nitrogen and oxygen atoms in total. The van der Waals surface area contributed by atoms with Crippen LogP contribution in [0.15, 0.2) is 0 Å². The van der Waals surface area contributed by atoms with E-state index in [0.29, 0.717) is 30.6 Å². The molecule has 0 radical (unpaired) electrons. The van der Waals surface area contributed by atoms with Crippen LogP contribution in [0.2, 0.25) is 0 Å². The van der Waals surface area contributed by atoms with Crippen molar-refractivity contribution in [1.29, 1.82) is 0 Å². The Bertz CT molecular complexity index is 494. The fourth-order valence-electron chi connectivity index (χ4n) is 2.90. The molecule has 0 spiro atoms. The molecule has 0 aromatic carbocycles. The van der Waals surface area contributed by atoms with Gasteiger partial charge in [0.1, 0.15) is 5.69 Å². The molecule has 0 saturated carbocycles. The van der Waals surface area contributed by atoms with Crippen LogP contribution in [0.4, 0.5) is 11.5 Å². The normalized spacial score (nSPS) is 17.1. The van der Waals surface area contributed by atoms with E-state index in [2.05, 4.69) is 22.2 Å². The Labute approximate surface area is 125 Å². The van der Waals surface area contributed by atoms with Crippen molar-refractivity contribution < 1.29 is 4.92 Å². The number of hydrogen-bond donors (Lipinski definition) is 1. The van der Waals surface area contributed by atoms with Crippen LogP contribution in [0.5, 0.6) is 0 Å². The zero-order chi connectivity index (χ0) is 15.4. The predicted molar refractivity (Wildman–Crippen MR) is 82.7 cm³/mol. The molecule has 1 aromatic rings. The Hall–Kier alpha value is -1.63. The number of nitro groups is 1. The van der Waals surface area contributed by atoms with Crippen LogP contribution in [-0.2, 0) is 6.54 Å². The fourth-order valence-corrected chi connectivity index (χ4v) is 2.90. The van der Waals surface area contributed by atoms with Crippen LogP contribution in [0, 0.1) is 17.0 Å². The highest BCUT2D eigenvalue weighted by Crippen LogP contribution is 2.28. The average Bonchev–Trinajstić information content (AvgIpc) is 3.04. The number of aromatic nitrogens is 2. The van der Waals surface area contributed by atoms with Gasteiger partial charge in [-0.1, -0.05) is 6.92 Å². The standard InChI is InChI=1S/C14H25N5O2/c1-4-7-18-14(13(19(20)21)12(3)16-18)15-10-11(2)17-8-5-6-9-17/h11,15H,4-10H2,1-3H3. The van der Waals surface area contributed by atoms with Gasteiger partial charge in [-0.05, 0) is 46.2 Å². The minimum absolute atomic E-state index is 0.108. The molecule has 1 saturated heterocycles. The van der Waals surface area contributed by atoms with Gasteiger partial charge in [-0.15, -0.1) is 0 Å². The lowest BCUT2D eigenvalue weighted by atomic mass is 10.3. The van der Waals surface area contributed by atoms with Gasteiger partial charge < -0.3 is 5.32 Å². The molecule has 0 aliphatic carbocycles. The minimum atomic E-state index is -0.336. The molecule has 1 aliphatic heterocycles. The lowest BCUT2D eigenvalue weighted by molar-refractivity contribution is -0.384. The molecule has 1 aromatic heterocycles. The average molecular weight is 295 g/mol. The van der Waals surface area contributed by atoms with E-state index in [9.17, 15) is 10.1 Å². The monoisotopic (exact) mass is 295 g/mol. The molecular weight excluding hydrogens is 270 g/mol. The summed E-state index contributed by atoms with van der Waals surface area (Å²) in [6.07, 6.45) is 3.39. The van der Waals surface area contributed by atoms with E-state index >= 15 is 0 Å². The van der Waals surface area contributed by atoms with E-state index in [-0.39, 0.29) is 10.6 Å². The largest absolute Gasteiger partial charge is 0.363 e. The van der Waals surface area contributed by atoms with Crippen LogP contribution < -0.4 is 5.32 Å². The van der Waals surface area contributed by atoms with Crippen molar-refractivity contribution in [2.45, 2.75) is 52.6 Å². The van der Waals surface area contributed by atoms with Gasteiger partial charge >= 0.3 is 5.69 Å². The Balaban J connectivity index is 2.11. The third kappa shape index (κ3) is 3.53. The van der Waals surface area contributed by atoms with E-state index in [0.717, 1.165) is 19.5 Å². The maximum atomic E-state index is 11.3. The van der Waals surface area contributed by atoms with Crippen molar-refractivity contribution >= 4 is 11.5 Å². The minimum Gasteiger partial charge on any atom is -0.363 e. The summed E-state index contributed by atoms with van der Waals surface area (Å²) in [5.41, 5.74) is 0.585. The van der Waals surface area contributed by atoms with Crippen LogP contribution in [-0.4, -0.2) is 45.3 Å². The first-order chi connectivity index (χ1) is 10.0. The van der Waals surface area contributed by atoms with Gasteiger partial charge in [0, 0.05) is 19.1 Å². The van der Waals surface area contributed by atoms with Crippen LogP contribution in [0.3, 0.4) is 0 Å². The summed E-state index contributed by atoms with van der Waals surface area (Å²) in [5.74, 6) is 0.547. The maximum absolute atomic E-state index is 11.3. The summed E-state index contributed by atoms with van der Waals surface area (Å²) in [4.78, 5) is 13.3. The van der Waals surface area contributed by atoms with Gasteiger partial charge in [0.2, 0.25) is 5.82 Å². The highest BCUT2D eigenvalue weighted by molar-refractivity contribution is 5.59. The molecule has 1 fully saturated rings. The highest BCUT2D eigenvalue weighted by Gasteiger charge is 2.26. The van der Waals surface area contributed by atoms with Gasteiger partial charge in [-0.25, -0.2) is 4.68 Å². The van der Waals surface area contributed by atoms with E-state index in [1.165, 1.54) is 12.8 Å². The van der Waals surface area contributed by atoms with Gasteiger partial charge in [0.15, 0.2) is 0 Å². The Morgan fingerprint density at radius 1 is 1.43 bits per heavy atom. The summed E-state index contributed by atoms with van der Waals surface area (Å²) >= 11 is 0. The van der Waals surface area contributed by atoms with Crippen LogP contribution in [0.1, 0.15) is 38.8 Å². The zero-order valence-electron chi connectivity index (χ0n) is 13.1. The van der Waals surface area contributed by atoms with Crippen molar-refractivity contribution in [3.63, 3.8) is 0 Å². The smallest absolute Gasteiger partial charge is 0.333 e. The molecule has 2 heterocycles. The second-order valence-corrected chi connectivity index (χ2v) is 5.74. The molecule has 0 bridgehead atoms. The summed E-state index contributed by atoms with van der Waals surface area (Å²) in [5, 5.41) is 18.8. The number of rotatable bonds is 7. The second-order valence-electron chi connectivity index (χ2n) is 5.74. The molecule has 1 unspecified atom stereocenters. The van der Waals surface area contributed by atoms with Crippen LogP contribution >= 0.6 is 0 Å². The topological polar surface area (TPSA) is 76.2 Å². The third-order valence-electron chi connectivity index (χ3n) is 4.04. The van der Waals surface area contributed by atoms with E-state index in [1.807, 2.05) is 6.92 Å². The molecule has 7 heteroatoms. The molecule has 21 heavy (non-hydrogen) atoms.